The Morgan fingerprint density at radius 3 is 2.60 bits per heavy atom. The summed E-state index contributed by atoms with van der Waals surface area (Å²) in [5.41, 5.74) is 2.51. The lowest BCUT2D eigenvalue weighted by molar-refractivity contribution is 0.663. The minimum absolute atomic E-state index is 0.849. The van der Waals surface area contributed by atoms with Crippen molar-refractivity contribution in [3.05, 3.63) is 29.8 Å². The van der Waals surface area contributed by atoms with Crippen LogP contribution in [0.15, 0.2) is 29.4 Å². The maximum absolute atomic E-state index is 3.93. The first-order chi connectivity index (χ1) is 9.66. The number of nitrogens with zero attached hydrogens (tertiary/aromatic N) is 5. The van der Waals surface area contributed by atoms with Crippen LogP contribution in [0.5, 0.6) is 0 Å². The van der Waals surface area contributed by atoms with Gasteiger partial charge in [0, 0.05) is 45.7 Å². The largest absolute Gasteiger partial charge is 0.378 e. The molecular formula is C13H20N6S. The fourth-order valence-electron chi connectivity index (χ4n) is 1.70. The van der Waals surface area contributed by atoms with Crippen LogP contribution < -0.4 is 10.2 Å². The van der Waals surface area contributed by atoms with E-state index in [4.69, 9.17) is 0 Å². The second-order valence-electron chi connectivity index (χ2n) is 4.67. The van der Waals surface area contributed by atoms with Gasteiger partial charge >= 0.3 is 0 Å². The SMILES string of the molecule is CN(C)c1ccc(CNCCSc2nnnn2C)cc1. The molecule has 2 aromatic rings. The predicted octanol–water partition coefficient (Wildman–Crippen LogP) is 1.16. The summed E-state index contributed by atoms with van der Waals surface area (Å²) < 4.78 is 1.69. The van der Waals surface area contributed by atoms with Crippen molar-refractivity contribution in [3.63, 3.8) is 0 Å². The van der Waals surface area contributed by atoms with Crippen molar-refractivity contribution >= 4 is 17.4 Å². The molecule has 0 fully saturated rings. The lowest BCUT2D eigenvalue weighted by atomic mass is 10.2. The van der Waals surface area contributed by atoms with Crippen molar-refractivity contribution in [1.82, 2.24) is 25.5 Å². The van der Waals surface area contributed by atoms with Crippen LogP contribution in [0, 0.1) is 0 Å². The van der Waals surface area contributed by atoms with E-state index in [2.05, 4.69) is 50.0 Å². The lowest BCUT2D eigenvalue weighted by Crippen LogP contribution is -2.17. The third-order valence-corrected chi connectivity index (χ3v) is 3.89. The first-order valence-corrected chi connectivity index (χ1v) is 7.47. The second-order valence-corrected chi connectivity index (χ2v) is 5.73. The van der Waals surface area contributed by atoms with Crippen molar-refractivity contribution in [2.75, 3.05) is 31.3 Å². The van der Waals surface area contributed by atoms with Crippen molar-refractivity contribution in [2.24, 2.45) is 7.05 Å². The summed E-state index contributed by atoms with van der Waals surface area (Å²) in [4.78, 5) is 2.10. The van der Waals surface area contributed by atoms with Crippen molar-refractivity contribution < 1.29 is 0 Å². The molecule has 1 aromatic carbocycles. The van der Waals surface area contributed by atoms with Gasteiger partial charge in [-0.2, -0.15) is 0 Å². The Kier molecular flexibility index (Phi) is 5.37. The molecule has 0 bridgehead atoms. The number of benzene rings is 1. The molecule has 0 saturated carbocycles. The fourth-order valence-corrected chi connectivity index (χ4v) is 2.45. The summed E-state index contributed by atoms with van der Waals surface area (Å²) in [7, 11) is 5.94. The monoisotopic (exact) mass is 292 g/mol. The highest BCUT2D eigenvalue weighted by Gasteiger charge is 2.01. The molecule has 20 heavy (non-hydrogen) atoms. The Morgan fingerprint density at radius 2 is 2.00 bits per heavy atom. The molecule has 108 valence electrons. The summed E-state index contributed by atoms with van der Waals surface area (Å²) >= 11 is 1.65. The summed E-state index contributed by atoms with van der Waals surface area (Å²) in [5, 5.41) is 15.6. The van der Waals surface area contributed by atoms with Gasteiger partial charge in [0.15, 0.2) is 0 Å². The average molecular weight is 292 g/mol. The van der Waals surface area contributed by atoms with Gasteiger partial charge in [-0.15, -0.1) is 5.10 Å². The summed E-state index contributed by atoms with van der Waals surface area (Å²) in [6.45, 7) is 1.80. The van der Waals surface area contributed by atoms with Crippen LogP contribution in [-0.4, -0.2) is 46.6 Å². The number of aryl methyl sites for hydroxylation is 1. The van der Waals surface area contributed by atoms with E-state index in [-0.39, 0.29) is 0 Å². The summed E-state index contributed by atoms with van der Waals surface area (Å²) in [6.07, 6.45) is 0. The Labute approximate surface area is 123 Å². The Morgan fingerprint density at radius 1 is 1.25 bits per heavy atom. The highest BCUT2D eigenvalue weighted by atomic mass is 32.2. The molecule has 0 aliphatic heterocycles. The molecule has 1 aromatic heterocycles. The van der Waals surface area contributed by atoms with E-state index in [1.807, 2.05) is 21.1 Å². The minimum Gasteiger partial charge on any atom is -0.378 e. The molecular weight excluding hydrogens is 272 g/mol. The molecule has 0 aliphatic rings. The molecule has 0 amide bonds. The van der Waals surface area contributed by atoms with Gasteiger partial charge in [0.05, 0.1) is 0 Å². The number of aromatic nitrogens is 4. The van der Waals surface area contributed by atoms with Gasteiger partial charge in [0.1, 0.15) is 0 Å². The molecule has 0 spiro atoms. The van der Waals surface area contributed by atoms with E-state index in [1.165, 1.54) is 11.3 Å². The zero-order valence-corrected chi connectivity index (χ0v) is 12.9. The van der Waals surface area contributed by atoms with Crippen molar-refractivity contribution in [2.45, 2.75) is 11.7 Å². The van der Waals surface area contributed by atoms with E-state index in [1.54, 1.807) is 16.4 Å². The number of hydrogen-bond acceptors (Lipinski definition) is 6. The standard InChI is InChI=1S/C13H20N6S/c1-18(2)12-6-4-11(5-7-12)10-14-8-9-20-13-15-16-17-19(13)3/h4-7,14H,8-10H2,1-3H3. The third-order valence-electron chi connectivity index (χ3n) is 2.87. The van der Waals surface area contributed by atoms with E-state index < -0.39 is 0 Å². The second kappa shape index (κ2) is 7.25. The molecule has 7 heteroatoms. The smallest absolute Gasteiger partial charge is 0.209 e. The Hall–Kier alpha value is -1.60. The number of nitrogens with one attached hydrogen (secondary N) is 1. The van der Waals surface area contributed by atoms with E-state index in [0.29, 0.717) is 0 Å². The van der Waals surface area contributed by atoms with Crippen LogP contribution in [0.1, 0.15) is 5.56 Å². The van der Waals surface area contributed by atoms with E-state index in [9.17, 15) is 0 Å². The quantitative estimate of drug-likeness (QED) is 0.610. The fraction of sp³-hybridized carbons (Fsp3) is 0.462. The molecule has 0 unspecified atom stereocenters. The first-order valence-electron chi connectivity index (χ1n) is 6.49. The van der Waals surface area contributed by atoms with Crippen LogP contribution in [0.4, 0.5) is 5.69 Å². The number of tetrazole rings is 1. The molecule has 0 radical (unpaired) electrons. The third kappa shape index (κ3) is 4.21. The van der Waals surface area contributed by atoms with E-state index >= 15 is 0 Å². The summed E-state index contributed by atoms with van der Waals surface area (Å²) in [5.74, 6) is 0.948. The highest BCUT2D eigenvalue weighted by Crippen LogP contribution is 2.13. The molecule has 1 N–H and O–H groups in total. The van der Waals surface area contributed by atoms with Crippen LogP contribution in [0.2, 0.25) is 0 Å². The van der Waals surface area contributed by atoms with Crippen LogP contribution >= 0.6 is 11.8 Å². The number of rotatable bonds is 7. The molecule has 0 aliphatic carbocycles. The zero-order valence-electron chi connectivity index (χ0n) is 12.1. The molecule has 0 saturated heterocycles. The van der Waals surface area contributed by atoms with E-state index in [0.717, 1.165) is 24.0 Å². The van der Waals surface area contributed by atoms with Crippen LogP contribution in [0.3, 0.4) is 0 Å². The molecule has 0 atom stereocenters. The number of anilines is 1. The maximum atomic E-state index is 3.93. The maximum Gasteiger partial charge on any atom is 0.209 e. The topological polar surface area (TPSA) is 58.9 Å². The Balaban J connectivity index is 1.67. The molecule has 2 rings (SSSR count). The molecule has 6 nitrogen and oxygen atoms in total. The van der Waals surface area contributed by atoms with Crippen molar-refractivity contribution in [1.29, 1.82) is 0 Å². The Bertz CT molecular complexity index is 522. The minimum atomic E-state index is 0.849. The van der Waals surface area contributed by atoms with Gasteiger partial charge < -0.3 is 10.2 Å². The van der Waals surface area contributed by atoms with Gasteiger partial charge in [-0.3, -0.25) is 0 Å². The van der Waals surface area contributed by atoms with Crippen LogP contribution in [0.25, 0.3) is 0 Å². The summed E-state index contributed by atoms with van der Waals surface area (Å²) in [6, 6.07) is 8.58. The van der Waals surface area contributed by atoms with Crippen LogP contribution in [-0.2, 0) is 13.6 Å². The zero-order chi connectivity index (χ0) is 14.4. The van der Waals surface area contributed by atoms with Gasteiger partial charge in [-0.1, -0.05) is 23.9 Å². The lowest BCUT2D eigenvalue weighted by Gasteiger charge is -2.12. The first kappa shape index (κ1) is 14.8. The van der Waals surface area contributed by atoms with Gasteiger partial charge in [-0.05, 0) is 28.1 Å². The van der Waals surface area contributed by atoms with Crippen molar-refractivity contribution in [3.8, 4) is 0 Å². The molecule has 1 heterocycles. The normalized spacial score (nSPS) is 10.8. The number of hydrogen-bond donors (Lipinski definition) is 1. The van der Waals surface area contributed by atoms with Gasteiger partial charge in [-0.25, -0.2) is 4.68 Å². The van der Waals surface area contributed by atoms with Gasteiger partial charge in [0.2, 0.25) is 5.16 Å². The highest BCUT2D eigenvalue weighted by molar-refractivity contribution is 7.99. The van der Waals surface area contributed by atoms with Gasteiger partial charge in [0.25, 0.3) is 0 Å². The predicted molar refractivity (Wildman–Crippen MR) is 82.0 cm³/mol. The number of thioether (sulfide) groups is 1. The average Bonchev–Trinajstić information content (AvgIpc) is 2.84.